The number of benzene rings is 1. The maximum Gasteiger partial charge on any atom is 0.336 e. The fourth-order valence-corrected chi connectivity index (χ4v) is 0.918. The first-order valence-corrected chi connectivity index (χ1v) is 4.34. The van der Waals surface area contributed by atoms with Crippen molar-refractivity contribution in [2.24, 2.45) is 0 Å². The highest BCUT2D eigenvalue weighted by atomic mass is 35.5. The molecule has 15 heavy (non-hydrogen) atoms. The minimum atomic E-state index is -1.21. The van der Waals surface area contributed by atoms with Crippen molar-refractivity contribution >= 4 is 23.5 Å². The third-order valence-corrected chi connectivity index (χ3v) is 1.65. The number of carbonyl (C=O) groups excluding carboxylic acids is 1. The molecule has 0 atom stereocenters. The average molecular weight is 227 g/mol. The molecule has 0 aliphatic carbocycles. The second kappa shape index (κ2) is 5.17. The van der Waals surface area contributed by atoms with Gasteiger partial charge in [-0.05, 0) is 24.3 Å². The zero-order valence-electron chi connectivity index (χ0n) is 7.51. The Bertz CT molecular complexity index is 394. The molecule has 0 aliphatic rings. The van der Waals surface area contributed by atoms with Gasteiger partial charge in [-0.15, -0.1) is 0 Å². The SMILES string of the molecule is O=C(O)/C=C/C(=O)Oc1ccc(Cl)cc1. The molecule has 0 bridgehead atoms. The van der Waals surface area contributed by atoms with Gasteiger partial charge in [-0.25, -0.2) is 9.59 Å². The number of carboxylic acid groups (broad SMARTS) is 1. The van der Waals surface area contributed by atoms with Crippen LogP contribution in [-0.4, -0.2) is 17.0 Å². The Kier molecular flexibility index (Phi) is 3.88. The number of ether oxygens (including phenoxy) is 1. The molecule has 0 fully saturated rings. The Balaban J connectivity index is 2.59. The lowest BCUT2D eigenvalue weighted by Gasteiger charge is -1.99. The van der Waals surface area contributed by atoms with E-state index in [0.29, 0.717) is 16.8 Å². The molecule has 0 saturated heterocycles. The Morgan fingerprint density at radius 3 is 2.33 bits per heavy atom. The van der Waals surface area contributed by atoms with Gasteiger partial charge >= 0.3 is 11.9 Å². The van der Waals surface area contributed by atoms with Crippen molar-refractivity contribution < 1.29 is 19.4 Å². The van der Waals surface area contributed by atoms with Crippen molar-refractivity contribution in [2.75, 3.05) is 0 Å². The van der Waals surface area contributed by atoms with Crippen LogP contribution in [0.2, 0.25) is 5.02 Å². The summed E-state index contributed by atoms with van der Waals surface area (Å²) in [5.41, 5.74) is 0. The molecular weight excluding hydrogens is 220 g/mol. The first-order valence-electron chi connectivity index (χ1n) is 3.96. The number of carbonyl (C=O) groups is 2. The van der Waals surface area contributed by atoms with Gasteiger partial charge in [-0.1, -0.05) is 11.6 Å². The molecule has 0 unspecified atom stereocenters. The quantitative estimate of drug-likeness (QED) is 0.486. The topological polar surface area (TPSA) is 63.6 Å². The van der Waals surface area contributed by atoms with Crippen LogP contribution < -0.4 is 4.74 Å². The molecular formula is C10H7ClO4. The van der Waals surface area contributed by atoms with Gasteiger partial charge in [0.2, 0.25) is 0 Å². The molecule has 1 aromatic carbocycles. The summed E-state index contributed by atoms with van der Waals surface area (Å²) in [5.74, 6) is -1.65. The molecule has 4 nitrogen and oxygen atoms in total. The number of rotatable bonds is 3. The molecule has 1 rings (SSSR count). The molecule has 1 N–H and O–H groups in total. The highest BCUT2D eigenvalue weighted by Crippen LogP contribution is 2.15. The van der Waals surface area contributed by atoms with Crippen LogP contribution in [0.1, 0.15) is 0 Å². The fourth-order valence-electron chi connectivity index (χ4n) is 0.792. The summed E-state index contributed by atoms with van der Waals surface area (Å²) in [6.45, 7) is 0. The summed E-state index contributed by atoms with van der Waals surface area (Å²) in [4.78, 5) is 21.1. The number of esters is 1. The normalized spacial score (nSPS) is 10.2. The Labute approximate surface area is 90.7 Å². The Hall–Kier alpha value is -1.81. The van der Waals surface area contributed by atoms with E-state index in [-0.39, 0.29) is 0 Å². The van der Waals surface area contributed by atoms with Crippen molar-refractivity contribution in [2.45, 2.75) is 0 Å². The van der Waals surface area contributed by atoms with E-state index in [4.69, 9.17) is 21.4 Å². The van der Waals surface area contributed by atoms with Crippen molar-refractivity contribution in [1.29, 1.82) is 0 Å². The summed E-state index contributed by atoms with van der Waals surface area (Å²) in [6, 6.07) is 6.14. The summed E-state index contributed by atoms with van der Waals surface area (Å²) in [6.07, 6.45) is 1.54. The van der Waals surface area contributed by atoms with Gasteiger partial charge in [-0.2, -0.15) is 0 Å². The monoisotopic (exact) mass is 226 g/mol. The van der Waals surface area contributed by atoms with Gasteiger partial charge in [0.1, 0.15) is 5.75 Å². The third kappa shape index (κ3) is 4.28. The smallest absolute Gasteiger partial charge is 0.336 e. The Morgan fingerprint density at radius 1 is 1.20 bits per heavy atom. The summed E-state index contributed by atoms with van der Waals surface area (Å²) in [5, 5.41) is 8.78. The summed E-state index contributed by atoms with van der Waals surface area (Å²) >= 11 is 5.62. The molecule has 0 heterocycles. The van der Waals surface area contributed by atoms with Crippen LogP contribution in [0, 0.1) is 0 Å². The lowest BCUT2D eigenvalue weighted by Crippen LogP contribution is -2.04. The first kappa shape index (κ1) is 11.3. The second-order valence-corrected chi connectivity index (χ2v) is 2.98. The highest BCUT2D eigenvalue weighted by molar-refractivity contribution is 6.30. The van der Waals surface area contributed by atoms with E-state index in [9.17, 15) is 9.59 Å². The minimum absolute atomic E-state index is 0.305. The number of carboxylic acids is 1. The summed E-state index contributed by atoms with van der Waals surface area (Å²) < 4.78 is 4.77. The van der Waals surface area contributed by atoms with Gasteiger partial charge in [0.15, 0.2) is 0 Å². The van der Waals surface area contributed by atoms with Gasteiger partial charge in [0.05, 0.1) is 0 Å². The number of hydrogen-bond donors (Lipinski definition) is 1. The van der Waals surface area contributed by atoms with Crippen LogP contribution in [0.15, 0.2) is 36.4 Å². The molecule has 5 heteroatoms. The minimum Gasteiger partial charge on any atom is -0.478 e. The van der Waals surface area contributed by atoms with Crippen LogP contribution >= 0.6 is 11.6 Å². The van der Waals surface area contributed by atoms with E-state index in [1.807, 2.05) is 0 Å². The van der Waals surface area contributed by atoms with E-state index < -0.39 is 11.9 Å². The molecule has 0 aromatic heterocycles. The molecule has 1 aromatic rings. The molecule has 78 valence electrons. The van der Waals surface area contributed by atoms with Gasteiger partial charge < -0.3 is 9.84 Å². The predicted octanol–water partition coefficient (Wildman–Crippen LogP) is 1.89. The van der Waals surface area contributed by atoms with Crippen molar-refractivity contribution in [1.82, 2.24) is 0 Å². The molecule has 0 amide bonds. The summed E-state index contributed by atoms with van der Waals surface area (Å²) in [7, 11) is 0. The molecule has 0 radical (unpaired) electrons. The van der Waals surface area contributed by atoms with Crippen molar-refractivity contribution in [3.8, 4) is 5.75 Å². The molecule has 0 saturated carbocycles. The molecule has 0 aliphatic heterocycles. The standard InChI is InChI=1S/C10H7ClO4/c11-7-1-3-8(4-2-7)15-10(14)6-5-9(12)13/h1-6H,(H,12,13)/b6-5+. The van der Waals surface area contributed by atoms with Crippen molar-refractivity contribution in [3.05, 3.63) is 41.4 Å². The van der Waals surface area contributed by atoms with Crippen LogP contribution in [0.25, 0.3) is 0 Å². The fraction of sp³-hybridized carbons (Fsp3) is 0. The van der Waals surface area contributed by atoms with Crippen LogP contribution in [0.5, 0.6) is 5.75 Å². The zero-order valence-corrected chi connectivity index (χ0v) is 8.27. The maximum absolute atomic E-state index is 11.0. The maximum atomic E-state index is 11.0. The van der Waals surface area contributed by atoms with Crippen molar-refractivity contribution in [3.63, 3.8) is 0 Å². The van der Waals surface area contributed by atoms with Crippen LogP contribution in [0.3, 0.4) is 0 Å². The second-order valence-electron chi connectivity index (χ2n) is 2.55. The van der Waals surface area contributed by atoms with Crippen LogP contribution in [0.4, 0.5) is 0 Å². The largest absolute Gasteiger partial charge is 0.478 e. The lowest BCUT2D eigenvalue weighted by molar-refractivity contribution is -0.133. The average Bonchev–Trinajstić information content (AvgIpc) is 2.19. The lowest BCUT2D eigenvalue weighted by atomic mass is 10.3. The van der Waals surface area contributed by atoms with E-state index >= 15 is 0 Å². The van der Waals surface area contributed by atoms with Gasteiger partial charge in [0, 0.05) is 17.2 Å². The highest BCUT2D eigenvalue weighted by Gasteiger charge is 2.00. The predicted molar refractivity (Wildman–Crippen MR) is 53.9 cm³/mol. The third-order valence-electron chi connectivity index (χ3n) is 1.39. The van der Waals surface area contributed by atoms with Crippen LogP contribution in [-0.2, 0) is 9.59 Å². The van der Waals surface area contributed by atoms with Gasteiger partial charge in [-0.3, -0.25) is 0 Å². The first-order chi connectivity index (χ1) is 7.08. The number of aliphatic carboxylic acids is 1. The van der Waals surface area contributed by atoms with E-state index in [0.717, 1.165) is 6.08 Å². The van der Waals surface area contributed by atoms with E-state index in [1.54, 1.807) is 12.1 Å². The van der Waals surface area contributed by atoms with E-state index in [1.165, 1.54) is 12.1 Å². The zero-order chi connectivity index (χ0) is 11.3. The van der Waals surface area contributed by atoms with E-state index in [2.05, 4.69) is 0 Å². The number of halogens is 1. The Morgan fingerprint density at radius 2 is 1.80 bits per heavy atom. The molecule has 0 spiro atoms. The number of hydrogen-bond acceptors (Lipinski definition) is 3. The van der Waals surface area contributed by atoms with Gasteiger partial charge in [0.25, 0.3) is 0 Å².